The molecule has 6 nitrogen and oxygen atoms in total. The van der Waals surface area contributed by atoms with Crippen LogP contribution in [0.2, 0.25) is 0 Å². The molecule has 3 aromatic rings. The Kier molecular flexibility index (Phi) is 5.02. The summed E-state index contributed by atoms with van der Waals surface area (Å²) in [5.41, 5.74) is 2.13. The third kappa shape index (κ3) is 4.25. The normalized spacial score (nSPS) is 13.3. The molecule has 1 N–H and O–H groups in total. The summed E-state index contributed by atoms with van der Waals surface area (Å²) in [5.74, 6) is 0.0218. The Bertz CT molecular complexity index is 917. The number of aromatic nitrogens is 1. The lowest BCUT2D eigenvalue weighted by atomic mass is 10.1. The van der Waals surface area contributed by atoms with Crippen molar-refractivity contribution in [2.75, 3.05) is 6.54 Å². The molecule has 1 aliphatic rings. The maximum atomic E-state index is 12.6. The summed E-state index contributed by atoms with van der Waals surface area (Å²) in [6.45, 7) is 0.540. The van der Waals surface area contributed by atoms with E-state index in [2.05, 4.69) is 10.5 Å². The van der Waals surface area contributed by atoms with Crippen molar-refractivity contribution in [3.05, 3.63) is 64.5 Å². The second-order valence-electron chi connectivity index (χ2n) is 6.51. The Labute approximate surface area is 160 Å². The average Bonchev–Trinajstić information content (AvgIpc) is 3.20. The van der Waals surface area contributed by atoms with Gasteiger partial charge in [0, 0.05) is 24.2 Å². The van der Waals surface area contributed by atoms with Gasteiger partial charge in [-0.3, -0.25) is 9.59 Å². The lowest BCUT2D eigenvalue weighted by Gasteiger charge is -2.22. The topological polar surface area (TPSA) is 75.4 Å². The lowest BCUT2D eigenvalue weighted by molar-refractivity contribution is -0.131. The molecule has 0 spiro atoms. The molecular weight excluding hydrogens is 362 g/mol. The zero-order valence-corrected chi connectivity index (χ0v) is 15.4. The predicted octanol–water partition coefficient (Wildman–Crippen LogP) is 3.32. The molecule has 1 fully saturated rings. The van der Waals surface area contributed by atoms with Crippen LogP contribution in [0.15, 0.2) is 57.7 Å². The first-order valence-corrected chi connectivity index (χ1v) is 9.76. The average molecular weight is 381 g/mol. The van der Waals surface area contributed by atoms with E-state index < -0.39 is 5.91 Å². The van der Waals surface area contributed by atoms with Crippen LogP contribution in [0.25, 0.3) is 11.3 Å². The van der Waals surface area contributed by atoms with E-state index in [0.29, 0.717) is 12.3 Å². The maximum absolute atomic E-state index is 12.6. The number of carbonyl (C=O) groups is 2. The fourth-order valence-electron chi connectivity index (χ4n) is 2.86. The van der Waals surface area contributed by atoms with Crippen LogP contribution in [0, 0.1) is 0 Å². The largest absolute Gasteiger partial charge is 0.355 e. The zero-order chi connectivity index (χ0) is 18.6. The molecule has 1 saturated carbocycles. The number of hydrogen-bond donors (Lipinski definition) is 1. The molecule has 1 aromatic carbocycles. The van der Waals surface area contributed by atoms with Crippen molar-refractivity contribution in [2.45, 2.75) is 25.4 Å². The van der Waals surface area contributed by atoms with Crippen molar-refractivity contribution in [3.8, 4) is 11.3 Å². The van der Waals surface area contributed by atoms with Gasteiger partial charge in [0.25, 0.3) is 5.91 Å². The highest BCUT2D eigenvalue weighted by atomic mass is 32.1. The first-order chi connectivity index (χ1) is 13.2. The molecule has 138 valence electrons. The first-order valence-electron chi connectivity index (χ1n) is 8.81. The van der Waals surface area contributed by atoms with Gasteiger partial charge in [0.15, 0.2) is 11.5 Å². The van der Waals surface area contributed by atoms with E-state index in [4.69, 9.17) is 4.52 Å². The second kappa shape index (κ2) is 7.75. The van der Waals surface area contributed by atoms with E-state index in [0.717, 1.165) is 24.0 Å². The number of rotatable bonds is 7. The summed E-state index contributed by atoms with van der Waals surface area (Å²) in [5, 5.41) is 10.5. The molecule has 27 heavy (non-hydrogen) atoms. The van der Waals surface area contributed by atoms with Crippen LogP contribution in [-0.4, -0.2) is 34.5 Å². The molecule has 2 aromatic heterocycles. The van der Waals surface area contributed by atoms with Crippen molar-refractivity contribution in [1.82, 2.24) is 15.4 Å². The van der Waals surface area contributed by atoms with Gasteiger partial charge in [-0.2, -0.15) is 11.3 Å². The molecule has 2 heterocycles. The predicted molar refractivity (Wildman–Crippen MR) is 102 cm³/mol. The van der Waals surface area contributed by atoms with Gasteiger partial charge in [-0.1, -0.05) is 35.5 Å². The van der Waals surface area contributed by atoms with E-state index in [1.54, 1.807) is 17.4 Å². The minimum absolute atomic E-state index is 0.0486. The molecule has 7 heteroatoms. The number of benzene rings is 1. The minimum atomic E-state index is -0.416. The van der Waals surface area contributed by atoms with E-state index in [1.807, 2.05) is 52.1 Å². The summed E-state index contributed by atoms with van der Waals surface area (Å²) in [7, 11) is 0. The van der Waals surface area contributed by atoms with Crippen LogP contribution in [0.5, 0.6) is 0 Å². The van der Waals surface area contributed by atoms with Gasteiger partial charge in [-0.25, -0.2) is 0 Å². The molecule has 0 aliphatic heterocycles. The van der Waals surface area contributed by atoms with Gasteiger partial charge < -0.3 is 14.7 Å². The van der Waals surface area contributed by atoms with E-state index in [1.165, 1.54) is 0 Å². The molecule has 0 atom stereocenters. The highest BCUT2D eigenvalue weighted by Gasteiger charge is 2.32. The summed E-state index contributed by atoms with van der Waals surface area (Å²) < 4.78 is 5.24. The SMILES string of the molecule is O=C(NCC(=O)N(Cc1ccsc1)C1CC1)c1cc(-c2ccccc2)on1. The van der Waals surface area contributed by atoms with Crippen LogP contribution < -0.4 is 5.32 Å². The maximum Gasteiger partial charge on any atom is 0.273 e. The zero-order valence-electron chi connectivity index (χ0n) is 14.6. The number of amides is 2. The molecular formula is C20H19N3O3S. The third-order valence-corrected chi connectivity index (χ3v) is 5.17. The van der Waals surface area contributed by atoms with Gasteiger partial charge in [-0.15, -0.1) is 0 Å². The van der Waals surface area contributed by atoms with Crippen molar-refractivity contribution in [1.29, 1.82) is 0 Å². The van der Waals surface area contributed by atoms with Gasteiger partial charge in [0.05, 0.1) is 6.54 Å². The number of nitrogens with one attached hydrogen (secondary N) is 1. The molecule has 0 radical (unpaired) electrons. The third-order valence-electron chi connectivity index (χ3n) is 4.44. The lowest BCUT2D eigenvalue weighted by Crippen LogP contribution is -2.41. The summed E-state index contributed by atoms with van der Waals surface area (Å²) >= 11 is 1.62. The van der Waals surface area contributed by atoms with E-state index in [9.17, 15) is 9.59 Å². The van der Waals surface area contributed by atoms with Crippen molar-refractivity contribution < 1.29 is 14.1 Å². The smallest absolute Gasteiger partial charge is 0.273 e. The summed E-state index contributed by atoms with van der Waals surface area (Å²) in [6, 6.07) is 13.3. The second-order valence-corrected chi connectivity index (χ2v) is 7.29. The fraction of sp³-hybridized carbons (Fsp3) is 0.250. The molecule has 4 rings (SSSR count). The first kappa shape index (κ1) is 17.5. The van der Waals surface area contributed by atoms with Crippen LogP contribution >= 0.6 is 11.3 Å². The van der Waals surface area contributed by atoms with Crippen molar-refractivity contribution >= 4 is 23.2 Å². The van der Waals surface area contributed by atoms with Crippen LogP contribution in [0.1, 0.15) is 28.9 Å². The van der Waals surface area contributed by atoms with Gasteiger partial charge in [0.2, 0.25) is 5.91 Å². The summed E-state index contributed by atoms with van der Waals surface area (Å²) in [4.78, 5) is 26.7. The van der Waals surface area contributed by atoms with Crippen LogP contribution in [-0.2, 0) is 11.3 Å². The van der Waals surface area contributed by atoms with E-state index >= 15 is 0 Å². The standard InChI is InChI=1S/C20H19N3O3S/c24-19(23(16-6-7-16)12-14-8-9-27-13-14)11-21-20(25)17-10-18(26-22-17)15-4-2-1-3-5-15/h1-5,8-10,13,16H,6-7,11-12H2,(H,21,25). The Morgan fingerprint density at radius 3 is 2.74 bits per heavy atom. The Morgan fingerprint density at radius 1 is 1.22 bits per heavy atom. The van der Waals surface area contributed by atoms with E-state index in [-0.39, 0.29) is 24.2 Å². The molecule has 0 bridgehead atoms. The Morgan fingerprint density at radius 2 is 2.04 bits per heavy atom. The Balaban J connectivity index is 1.35. The van der Waals surface area contributed by atoms with Crippen LogP contribution in [0.3, 0.4) is 0 Å². The highest BCUT2D eigenvalue weighted by Crippen LogP contribution is 2.28. The van der Waals surface area contributed by atoms with Gasteiger partial charge in [0.1, 0.15) is 0 Å². The minimum Gasteiger partial charge on any atom is -0.355 e. The van der Waals surface area contributed by atoms with Gasteiger partial charge >= 0.3 is 0 Å². The molecule has 0 unspecified atom stereocenters. The van der Waals surface area contributed by atoms with Crippen molar-refractivity contribution in [3.63, 3.8) is 0 Å². The monoisotopic (exact) mass is 381 g/mol. The molecule has 1 aliphatic carbocycles. The number of hydrogen-bond acceptors (Lipinski definition) is 5. The van der Waals surface area contributed by atoms with Gasteiger partial charge in [-0.05, 0) is 35.2 Å². The van der Waals surface area contributed by atoms with Crippen molar-refractivity contribution in [2.24, 2.45) is 0 Å². The quantitative estimate of drug-likeness (QED) is 0.681. The number of carbonyl (C=O) groups excluding carboxylic acids is 2. The Hall–Kier alpha value is -2.93. The number of thiophene rings is 1. The summed E-state index contributed by atoms with van der Waals surface area (Å²) in [6.07, 6.45) is 2.04. The highest BCUT2D eigenvalue weighted by molar-refractivity contribution is 7.07. The van der Waals surface area contributed by atoms with Crippen LogP contribution in [0.4, 0.5) is 0 Å². The fourth-order valence-corrected chi connectivity index (χ4v) is 3.51. The molecule has 0 saturated heterocycles. The molecule has 2 amide bonds. The number of nitrogens with zero attached hydrogens (tertiary/aromatic N) is 2.